The van der Waals surface area contributed by atoms with Crippen LogP contribution in [-0.4, -0.2) is 43.3 Å². The van der Waals surface area contributed by atoms with E-state index in [0.29, 0.717) is 0 Å². The standard InChI is InChI=1S/C15H30N2O/c1-3-13-6-8-15(12-16,9-7-13)17(10-11-18-2)14-4-5-14/h13-14H,3-12,16H2,1-2H3. The number of hydrogen-bond acceptors (Lipinski definition) is 3. The minimum atomic E-state index is 0.283. The summed E-state index contributed by atoms with van der Waals surface area (Å²) in [5, 5.41) is 0. The average molecular weight is 254 g/mol. The number of nitrogens with zero attached hydrogens (tertiary/aromatic N) is 1. The van der Waals surface area contributed by atoms with E-state index in [1.54, 1.807) is 7.11 Å². The van der Waals surface area contributed by atoms with Crippen LogP contribution < -0.4 is 5.73 Å². The zero-order valence-electron chi connectivity index (χ0n) is 12.2. The van der Waals surface area contributed by atoms with E-state index in [0.717, 1.165) is 31.7 Å². The molecule has 2 aliphatic carbocycles. The predicted octanol–water partition coefficient (Wildman–Crippen LogP) is 2.39. The van der Waals surface area contributed by atoms with Crippen molar-refractivity contribution in [3.05, 3.63) is 0 Å². The van der Waals surface area contributed by atoms with Crippen LogP contribution in [0.5, 0.6) is 0 Å². The third-order valence-corrected chi connectivity index (χ3v) is 5.13. The number of nitrogens with two attached hydrogens (primary N) is 1. The van der Waals surface area contributed by atoms with Gasteiger partial charge in [-0.25, -0.2) is 0 Å². The molecule has 106 valence electrons. The lowest BCUT2D eigenvalue weighted by Gasteiger charge is -2.48. The molecule has 0 heterocycles. The Bertz CT molecular complexity index is 245. The molecular formula is C15H30N2O. The molecule has 0 radical (unpaired) electrons. The molecule has 2 saturated carbocycles. The average Bonchev–Trinajstić information content (AvgIpc) is 3.24. The molecule has 0 aliphatic heterocycles. The monoisotopic (exact) mass is 254 g/mol. The molecule has 0 spiro atoms. The molecule has 3 heteroatoms. The number of ether oxygens (including phenoxy) is 1. The molecule has 0 aromatic carbocycles. The van der Waals surface area contributed by atoms with Crippen LogP contribution in [0.25, 0.3) is 0 Å². The topological polar surface area (TPSA) is 38.5 Å². The van der Waals surface area contributed by atoms with Gasteiger partial charge in [0.2, 0.25) is 0 Å². The fourth-order valence-corrected chi connectivity index (χ4v) is 3.61. The Morgan fingerprint density at radius 2 is 1.89 bits per heavy atom. The highest BCUT2D eigenvalue weighted by Crippen LogP contribution is 2.42. The van der Waals surface area contributed by atoms with Crippen molar-refractivity contribution in [2.24, 2.45) is 11.7 Å². The summed E-state index contributed by atoms with van der Waals surface area (Å²) in [6.07, 6.45) is 9.38. The van der Waals surface area contributed by atoms with Crippen molar-refractivity contribution in [2.75, 3.05) is 26.8 Å². The summed E-state index contributed by atoms with van der Waals surface area (Å²) in [6, 6.07) is 0.793. The summed E-state index contributed by atoms with van der Waals surface area (Å²) in [7, 11) is 1.80. The molecule has 0 aromatic rings. The lowest BCUT2D eigenvalue weighted by atomic mass is 9.74. The maximum Gasteiger partial charge on any atom is 0.0590 e. The van der Waals surface area contributed by atoms with Crippen molar-refractivity contribution in [3.63, 3.8) is 0 Å². The third kappa shape index (κ3) is 3.06. The number of methoxy groups -OCH3 is 1. The summed E-state index contributed by atoms with van der Waals surface area (Å²) in [5.74, 6) is 0.938. The Kier molecular flexibility index (Phi) is 5.05. The molecule has 2 N–H and O–H groups in total. The number of hydrogen-bond donors (Lipinski definition) is 1. The van der Waals surface area contributed by atoms with Gasteiger partial charge in [0.25, 0.3) is 0 Å². The normalized spacial score (nSPS) is 33.0. The maximum absolute atomic E-state index is 6.18. The molecule has 0 unspecified atom stereocenters. The summed E-state index contributed by atoms with van der Waals surface area (Å²) in [4.78, 5) is 2.70. The Hall–Kier alpha value is -0.120. The molecule has 2 aliphatic rings. The molecular weight excluding hydrogens is 224 g/mol. The lowest BCUT2D eigenvalue weighted by molar-refractivity contribution is 0.0155. The van der Waals surface area contributed by atoms with E-state index in [1.165, 1.54) is 44.9 Å². The van der Waals surface area contributed by atoms with Gasteiger partial charge in [-0.05, 0) is 44.4 Å². The zero-order chi connectivity index (χ0) is 13.0. The van der Waals surface area contributed by atoms with Crippen LogP contribution in [0, 0.1) is 5.92 Å². The SMILES string of the molecule is CCC1CCC(CN)(N(CCOC)C2CC2)CC1. The van der Waals surface area contributed by atoms with E-state index < -0.39 is 0 Å². The van der Waals surface area contributed by atoms with Crippen LogP contribution >= 0.6 is 0 Å². The summed E-state index contributed by atoms with van der Waals surface area (Å²) in [5.41, 5.74) is 6.46. The Morgan fingerprint density at radius 3 is 2.33 bits per heavy atom. The van der Waals surface area contributed by atoms with E-state index in [1.807, 2.05) is 0 Å². The van der Waals surface area contributed by atoms with Crippen LogP contribution in [-0.2, 0) is 4.74 Å². The van der Waals surface area contributed by atoms with Gasteiger partial charge in [0, 0.05) is 31.8 Å². The fraction of sp³-hybridized carbons (Fsp3) is 1.00. The van der Waals surface area contributed by atoms with Crippen LogP contribution in [0.3, 0.4) is 0 Å². The zero-order valence-corrected chi connectivity index (χ0v) is 12.2. The van der Waals surface area contributed by atoms with Crippen LogP contribution in [0.4, 0.5) is 0 Å². The van der Waals surface area contributed by atoms with Gasteiger partial charge >= 0.3 is 0 Å². The van der Waals surface area contributed by atoms with Gasteiger partial charge in [-0.2, -0.15) is 0 Å². The summed E-state index contributed by atoms with van der Waals surface area (Å²) >= 11 is 0. The first-order valence-corrected chi connectivity index (χ1v) is 7.71. The summed E-state index contributed by atoms with van der Waals surface area (Å²) < 4.78 is 5.29. The number of rotatable bonds is 7. The predicted molar refractivity (Wildman–Crippen MR) is 75.6 cm³/mol. The molecule has 18 heavy (non-hydrogen) atoms. The van der Waals surface area contributed by atoms with Crippen molar-refractivity contribution in [3.8, 4) is 0 Å². The molecule has 0 saturated heterocycles. The van der Waals surface area contributed by atoms with E-state index in [9.17, 15) is 0 Å². The van der Waals surface area contributed by atoms with Gasteiger partial charge in [-0.3, -0.25) is 4.90 Å². The van der Waals surface area contributed by atoms with E-state index in [2.05, 4.69) is 11.8 Å². The molecule has 0 bridgehead atoms. The van der Waals surface area contributed by atoms with Crippen molar-refractivity contribution in [1.29, 1.82) is 0 Å². The van der Waals surface area contributed by atoms with Gasteiger partial charge in [0.05, 0.1) is 6.61 Å². The molecule has 0 amide bonds. The second-order valence-corrected chi connectivity index (χ2v) is 6.20. The Labute approximate surface area is 112 Å². The minimum absolute atomic E-state index is 0.283. The Balaban J connectivity index is 2.00. The molecule has 0 atom stereocenters. The van der Waals surface area contributed by atoms with Gasteiger partial charge in [-0.1, -0.05) is 13.3 Å². The lowest BCUT2D eigenvalue weighted by Crippen LogP contribution is -2.57. The third-order valence-electron chi connectivity index (χ3n) is 5.13. The first-order chi connectivity index (χ1) is 8.75. The molecule has 3 nitrogen and oxygen atoms in total. The fourth-order valence-electron chi connectivity index (χ4n) is 3.61. The molecule has 2 fully saturated rings. The molecule has 2 rings (SSSR count). The van der Waals surface area contributed by atoms with Gasteiger partial charge < -0.3 is 10.5 Å². The summed E-state index contributed by atoms with van der Waals surface area (Å²) in [6.45, 7) is 5.05. The van der Waals surface area contributed by atoms with Crippen LogP contribution in [0.15, 0.2) is 0 Å². The second kappa shape index (κ2) is 6.36. The first kappa shape index (κ1) is 14.3. The van der Waals surface area contributed by atoms with Gasteiger partial charge in [-0.15, -0.1) is 0 Å². The van der Waals surface area contributed by atoms with Crippen molar-refractivity contribution in [1.82, 2.24) is 4.90 Å². The second-order valence-electron chi connectivity index (χ2n) is 6.20. The largest absolute Gasteiger partial charge is 0.383 e. The first-order valence-electron chi connectivity index (χ1n) is 7.71. The highest BCUT2D eigenvalue weighted by Gasteiger charge is 2.44. The van der Waals surface area contributed by atoms with Crippen molar-refractivity contribution >= 4 is 0 Å². The maximum atomic E-state index is 6.18. The Morgan fingerprint density at radius 1 is 1.22 bits per heavy atom. The van der Waals surface area contributed by atoms with Crippen molar-refractivity contribution in [2.45, 2.75) is 63.5 Å². The van der Waals surface area contributed by atoms with Gasteiger partial charge in [0.15, 0.2) is 0 Å². The van der Waals surface area contributed by atoms with Crippen LogP contribution in [0.1, 0.15) is 51.9 Å². The highest BCUT2D eigenvalue weighted by molar-refractivity contribution is 5.01. The quantitative estimate of drug-likeness (QED) is 0.758. The van der Waals surface area contributed by atoms with E-state index in [-0.39, 0.29) is 5.54 Å². The van der Waals surface area contributed by atoms with E-state index >= 15 is 0 Å². The molecule has 0 aromatic heterocycles. The van der Waals surface area contributed by atoms with E-state index in [4.69, 9.17) is 10.5 Å². The smallest absolute Gasteiger partial charge is 0.0590 e. The van der Waals surface area contributed by atoms with Crippen LogP contribution in [0.2, 0.25) is 0 Å². The highest BCUT2D eigenvalue weighted by atomic mass is 16.5. The minimum Gasteiger partial charge on any atom is -0.383 e. The van der Waals surface area contributed by atoms with Gasteiger partial charge in [0.1, 0.15) is 0 Å². The van der Waals surface area contributed by atoms with Crippen molar-refractivity contribution < 1.29 is 4.74 Å².